The molecule has 39 heavy (non-hydrogen) atoms. The van der Waals surface area contributed by atoms with E-state index in [9.17, 15) is 0 Å². The Morgan fingerprint density at radius 2 is 1.13 bits per heavy atom. The zero-order chi connectivity index (χ0) is 25.9. The van der Waals surface area contributed by atoms with E-state index in [1.807, 2.05) is 97.1 Å². The molecule has 0 bridgehead atoms. The van der Waals surface area contributed by atoms with Crippen molar-refractivity contribution in [3.05, 3.63) is 114 Å². The van der Waals surface area contributed by atoms with Crippen LogP contribution in [0.25, 0.3) is 78.0 Å². The Balaban J connectivity index is 1.38. The smallest absolute Gasteiger partial charge is 0.164 e. The Bertz CT molecular complexity index is 2200. The molecule has 0 amide bonds. The maximum absolute atomic E-state index is 6.25. The van der Waals surface area contributed by atoms with Crippen molar-refractivity contribution in [3.8, 4) is 34.2 Å². The second kappa shape index (κ2) is 8.51. The number of nitrogens with zero attached hydrogens (tertiary/aromatic N) is 3. The first-order valence-electron chi connectivity index (χ1n) is 12.6. The van der Waals surface area contributed by atoms with Crippen molar-refractivity contribution in [1.29, 1.82) is 0 Å². The van der Waals surface area contributed by atoms with E-state index in [-0.39, 0.29) is 0 Å². The number of hydrogen-bond donors (Lipinski definition) is 0. The molecule has 0 saturated heterocycles. The summed E-state index contributed by atoms with van der Waals surface area (Å²) in [6.45, 7) is 0. The Morgan fingerprint density at radius 1 is 0.462 bits per heavy atom. The second-order valence-corrected chi connectivity index (χ2v) is 9.84. The van der Waals surface area contributed by atoms with Crippen molar-refractivity contribution < 1.29 is 8.83 Å². The fraction of sp³-hybridized carbons (Fsp3) is 0. The molecule has 5 aromatic carbocycles. The predicted octanol–water partition coefficient (Wildman–Crippen LogP) is 9.32. The van der Waals surface area contributed by atoms with Crippen LogP contribution in [0.15, 0.2) is 118 Å². The van der Waals surface area contributed by atoms with E-state index in [4.69, 9.17) is 35.4 Å². The van der Waals surface area contributed by atoms with E-state index >= 15 is 0 Å². The maximum Gasteiger partial charge on any atom is 0.164 e. The van der Waals surface area contributed by atoms with Crippen LogP contribution in [-0.4, -0.2) is 15.0 Å². The van der Waals surface area contributed by atoms with Crippen molar-refractivity contribution in [2.75, 3.05) is 0 Å². The van der Waals surface area contributed by atoms with Crippen LogP contribution in [0.2, 0.25) is 5.02 Å². The minimum Gasteiger partial charge on any atom is -0.456 e. The monoisotopic (exact) mass is 523 g/mol. The van der Waals surface area contributed by atoms with Gasteiger partial charge in [-0.15, -0.1) is 0 Å². The number of aromatic nitrogens is 3. The normalized spacial score (nSPS) is 11.7. The number of furan rings is 2. The molecule has 0 N–H and O–H groups in total. The van der Waals surface area contributed by atoms with Crippen LogP contribution in [0.1, 0.15) is 0 Å². The lowest BCUT2D eigenvalue weighted by Gasteiger charge is -2.09. The first kappa shape index (κ1) is 22.0. The summed E-state index contributed by atoms with van der Waals surface area (Å²) in [5.41, 5.74) is 5.72. The number of halogens is 1. The van der Waals surface area contributed by atoms with E-state index in [2.05, 4.69) is 12.1 Å². The average Bonchev–Trinajstić information content (AvgIpc) is 3.54. The highest BCUT2D eigenvalue weighted by atomic mass is 35.5. The fourth-order valence-electron chi connectivity index (χ4n) is 5.19. The van der Waals surface area contributed by atoms with Gasteiger partial charge in [0, 0.05) is 49.3 Å². The van der Waals surface area contributed by atoms with Gasteiger partial charge in [0.2, 0.25) is 0 Å². The molecular weight excluding hydrogens is 506 g/mol. The topological polar surface area (TPSA) is 65.0 Å². The van der Waals surface area contributed by atoms with Crippen LogP contribution >= 0.6 is 11.6 Å². The molecule has 3 heterocycles. The van der Waals surface area contributed by atoms with Crippen molar-refractivity contribution in [2.45, 2.75) is 0 Å². The number of fused-ring (bicyclic) bond motifs is 6. The third kappa shape index (κ3) is 3.59. The van der Waals surface area contributed by atoms with E-state index < -0.39 is 0 Å². The van der Waals surface area contributed by atoms with Crippen LogP contribution in [0.3, 0.4) is 0 Å². The lowest BCUT2D eigenvalue weighted by atomic mass is 10.1. The molecule has 0 aliphatic carbocycles. The summed E-state index contributed by atoms with van der Waals surface area (Å²) < 4.78 is 12.3. The fourth-order valence-corrected chi connectivity index (χ4v) is 5.35. The number of para-hydroxylation sites is 1. The van der Waals surface area contributed by atoms with Crippen LogP contribution in [0.4, 0.5) is 0 Å². The maximum atomic E-state index is 6.25. The summed E-state index contributed by atoms with van der Waals surface area (Å²) in [5, 5.41) is 4.65. The van der Waals surface area contributed by atoms with E-state index in [0.717, 1.165) is 60.6 Å². The van der Waals surface area contributed by atoms with Gasteiger partial charge in [0.1, 0.15) is 22.3 Å². The molecule has 0 atom stereocenters. The summed E-state index contributed by atoms with van der Waals surface area (Å²) >= 11 is 6.25. The molecule has 0 aliphatic rings. The van der Waals surface area contributed by atoms with Crippen molar-refractivity contribution >= 4 is 55.5 Å². The molecular formula is C33H18ClN3O2. The quantitative estimate of drug-likeness (QED) is 0.231. The number of hydrogen-bond acceptors (Lipinski definition) is 5. The molecule has 0 aliphatic heterocycles. The van der Waals surface area contributed by atoms with Crippen molar-refractivity contribution in [1.82, 2.24) is 15.0 Å². The molecule has 0 saturated carbocycles. The summed E-state index contributed by atoms with van der Waals surface area (Å²) in [6, 6.07) is 35.7. The standard InChI is InChI=1S/C33H18ClN3O2/c34-21-14-16-24-29(18-21)39-27-12-6-10-25(30(24)27)33-36-31(19-7-2-1-3-8-19)35-32(37-33)20-13-15-23-22-9-4-5-11-26(22)38-28(23)17-20/h1-18H. The van der Waals surface area contributed by atoms with Crippen LogP contribution in [0.5, 0.6) is 0 Å². The minimum atomic E-state index is 0.562. The van der Waals surface area contributed by atoms with E-state index in [1.165, 1.54) is 0 Å². The third-order valence-electron chi connectivity index (χ3n) is 7.00. The van der Waals surface area contributed by atoms with Gasteiger partial charge in [0.25, 0.3) is 0 Å². The molecule has 0 unspecified atom stereocenters. The highest BCUT2D eigenvalue weighted by molar-refractivity contribution is 6.31. The lowest BCUT2D eigenvalue weighted by Crippen LogP contribution is -2.00. The minimum absolute atomic E-state index is 0.562. The van der Waals surface area contributed by atoms with Gasteiger partial charge in [-0.05, 0) is 36.4 Å². The molecule has 0 radical (unpaired) electrons. The van der Waals surface area contributed by atoms with Gasteiger partial charge in [-0.2, -0.15) is 0 Å². The van der Waals surface area contributed by atoms with Crippen LogP contribution in [-0.2, 0) is 0 Å². The molecule has 3 aromatic heterocycles. The first-order valence-corrected chi connectivity index (χ1v) is 12.9. The molecule has 5 nitrogen and oxygen atoms in total. The number of rotatable bonds is 3. The molecule has 6 heteroatoms. The van der Waals surface area contributed by atoms with E-state index in [0.29, 0.717) is 22.5 Å². The zero-order valence-corrected chi connectivity index (χ0v) is 21.2. The second-order valence-electron chi connectivity index (χ2n) is 9.40. The first-order chi connectivity index (χ1) is 19.2. The van der Waals surface area contributed by atoms with E-state index in [1.54, 1.807) is 0 Å². The Hall–Kier alpha value is -5.00. The lowest BCUT2D eigenvalue weighted by molar-refractivity contribution is 0.668. The predicted molar refractivity (Wildman–Crippen MR) is 156 cm³/mol. The number of benzene rings is 5. The van der Waals surface area contributed by atoms with Gasteiger partial charge in [0.05, 0.1) is 0 Å². The summed E-state index contributed by atoms with van der Waals surface area (Å²) in [4.78, 5) is 14.8. The molecule has 184 valence electrons. The van der Waals surface area contributed by atoms with Crippen molar-refractivity contribution in [2.24, 2.45) is 0 Å². The highest BCUT2D eigenvalue weighted by Crippen LogP contribution is 2.38. The largest absolute Gasteiger partial charge is 0.456 e. The van der Waals surface area contributed by atoms with Crippen LogP contribution < -0.4 is 0 Å². The summed E-state index contributed by atoms with van der Waals surface area (Å²) in [5.74, 6) is 1.72. The van der Waals surface area contributed by atoms with Gasteiger partial charge in [-0.1, -0.05) is 78.3 Å². The summed E-state index contributed by atoms with van der Waals surface area (Å²) in [7, 11) is 0. The zero-order valence-electron chi connectivity index (χ0n) is 20.4. The van der Waals surface area contributed by atoms with Gasteiger partial charge in [-0.3, -0.25) is 0 Å². The molecule has 8 aromatic rings. The average molecular weight is 524 g/mol. The van der Waals surface area contributed by atoms with Gasteiger partial charge >= 0.3 is 0 Å². The molecule has 0 spiro atoms. The van der Waals surface area contributed by atoms with Gasteiger partial charge in [0.15, 0.2) is 17.5 Å². The molecule has 0 fully saturated rings. The van der Waals surface area contributed by atoms with Crippen molar-refractivity contribution in [3.63, 3.8) is 0 Å². The van der Waals surface area contributed by atoms with Crippen LogP contribution in [0, 0.1) is 0 Å². The third-order valence-corrected chi connectivity index (χ3v) is 7.24. The Morgan fingerprint density at radius 3 is 2.03 bits per heavy atom. The Labute approximate surface area is 227 Å². The highest BCUT2D eigenvalue weighted by Gasteiger charge is 2.18. The van der Waals surface area contributed by atoms with Gasteiger partial charge < -0.3 is 8.83 Å². The SMILES string of the molecule is Clc1ccc2c(c1)oc1cccc(-c3nc(-c4ccccc4)nc(-c4ccc5c(c4)oc4ccccc45)n3)c12. The van der Waals surface area contributed by atoms with Gasteiger partial charge in [-0.25, -0.2) is 15.0 Å². The Kier molecular flexibility index (Phi) is 4.81. The molecule has 8 rings (SSSR count). The summed E-state index contributed by atoms with van der Waals surface area (Å²) in [6.07, 6.45) is 0.